The zero-order chi connectivity index (χ0) is 13.2. The molecule has 0 fully saturated rings. The molecule has 0 aromatic heterocycles. The van der Waals surface area contributed by atoms with E-state index in [1.54, 1.807) is 0 Å². The second-order valence-corrected chi connectivity index (χ2v) is 8.55. The second kappa shape index (κ2) is 5.43. The van der Waals surface area contributed by atoms with Gasteiger partial charge in [-0.05, 0) is 0 Å². The molecule has 0 spiro atoms. The first-order chi connectivity index (χ1) is 8.47. The minimum atomic E-state index is -0.0425. The van der Waals surface area contributed by atoms with Gasteiger partial charge in [-0.15, -0.1) is 0 Å². The molecular weight excluding hydrogens is 331 g/mol. The molecule has 0 N–H and O–H groups in total. The summed E-state index contributed by atoms with van der Waals surface area (Å²) >= 11 is -0.0425. The van der Waals surface area contributed by atoms with Gasteiger partial charge in [0.25, 0.3) is 0 Å². The Hall–Kier alpha value is -0.830. The molecule has 2 aromatic rings. The summed E-state index contributed by atoms with van der Waals surface area (Å²) in [5, 5.41) is 0. The Morgan fingerprint density at radius 2 is 1.44 bits per heavy atom. The minimum absolute atomic E-state index is 0.0425. The molecule has 0 aliphatic carbocycles. The summed E-state index contributed by atoms with van der Waals surface area (Å²) in [6.07, 6.45) is 0. The zero-order valence-electron chi connectivity index (χ0n) is 11.5. The quantitative estimate of drug-likeness (QED) is 0.718. The van der Waals surface area contributed by atoms with Gasteiger partial charge in [0.15, 0.2) is 0 Å². The Morgan fingerprint density at radius 3 is 2.00 bits per heavy atom. The van der Waals surface area contributed by atoms with Crippen LogP contribution in [0.2, 0.25) is 0 Å². The molecule has 96 valence electrons. The molecule has 0 unspecified atom stereocenters. The van der Waals surface area contributed by atoms with Gasteiger partial charge < -0.3 is 0 Å². The standard InChI is InChI=1S/C17H20I/c1-13-7-5-6-8-16(13)18-15-11-9-14(10-12-15)17(2,3)4/h5-12H,1-4H3/q-1. The number of halogens is 1. The Morgan fingerprint density at radius 1 is 0.833 bits per heavy atom. The van der Waals surface area contributed by atoms with Gasteiger partial charge in [0.1, 0.15) is 0 Å². The fourth-order valence-corrected chi connectivity index (χ4v) is 4.17. The van der Waals surface area contributed by atoms with Crippen molar-refractivity contribution in [2.24, 2.45) is 0 Å². The molecule has 0 saturated heterocycles. The molecular formula is C17H20I-. The summed E-state index contributed by atoms with van der Waals surface area (Å²) < 4.78 is 3.02. The Kier molecular flexibility index (Phi) is 4.10. The van der Waals surface area contributed by atoms with Crippen molar-refractivity contribution in [2.75, 3.05) is 0 Å². The SMILES string of the molecule is Cc1ccccc1[I-]c1ccc(C(C)(C)C)cc1. The van der Waals surface area contributed by atoms with Crippen LogP contribution in [0.1, 0.15) is 31.9 Å². The molecule has 2 aromatic carbocycles. The monoisotopic (exact) mass is 351 g/mol. The van der Waals surface area contributed by atoms with E-state index in [-0.39, 0.29) is 26.6 Å². The Balaban J connectivity index is 2.19. The molecule has 0 aliphatic heterocycles. The maximum atomic E-state index is 2.31. The normalized spacial score (nSPS) is 11.8. The van der Waals surface area contributed by atoms with E-state index in [0.717, 1.165) is 0 Å². The molecule has 0 aliphatic rings. The maximum absolute atomic E-state index is 2.31. The van der Waals surface area contributed by atoms with Gasteiger partial charge in [-0.2, -0.15) is 0 Å². The van der Waals surface area contributed by atoms with Crippen LogP contribution in [0.15, 0.2) is 48.5 Å². The molecule has 18 heavy (non-hydrogen) atoms. The van der Waals surface area contributed by atoms with E-state index in [4.69, 9.17) is 0 Å². The average molecular weight is 351 g/mol. The van der Waals surface area contributed by atoms with Crippen LogP contribution in [0, 0.1) is 14.1 Å². The van der Waals surface area contributed by atoms with Gasteiger partial charge >= 0.3 is 121 Å². The first-order valence-corrected chi connectivity index (χ1v) is 8.43. The van der Waals surface area contributed by atoms with Crippen LogP contribution >= 0.6 is 0 Å². The Bertz CT molecular complexity index is 518. The number of rotatable bonds is 2. The van der Waals surface area contributed by atoms with Crippen LogP contribution < -0.4 is 21.2 Å². The van der Waals surface area contributed by atoms with Gasteiger partial charge in [0.2, 0.25) is 0 Å². The van der Waals surface area contributed by atoms with E-state index >= 15 is 0 Å². The third-order valence-corrected chi connectivity index (χ3v) is 6.13. The van der Waals surface area contributed by atoms with Crippen molar-refractivity contribution in [3.8, 4) is 0 Å². The molecule has 0 bridgehead atoms. The fraction of sp³-hybridized carbons (Fsp3) is 0.294. The molecule has 0 atom stereocenters. The average Bonchev–Trinajstić information content (AvgIpc) is 2.32. The third-order valence-electron chi connectivity index (χ3n) is 3.00. The van der Waals surface area contributed by atoms with Crippen molar-refractivity contribution in [3.05, 3.63) is 66.8 Å². The van der Waals surface area contributed by atoms with E-state index in [9.17, 15) is 0 Å². The molecule has 0 radical (unpaired) electrons. The summed E-state index contributed by atoms with van der Waals surface area (Å²) in [6.45, 7) is 8.99. The van der Waals surface area contributed by atoms with Crippen LogP contribution in [-0.4, -0.2) is 0 Å². The van der Waals surface area contributed by atoms with Crippen molar-refractivity contribution >= 4 is 0 Å². The number of hydrogen-bond donors (Lipinski definition) is 0. The van der Waals surface area contributed by atoms with E-state index in [0.29, 0.717) is 0 Å². The van der Waals surface area contributed by atoms with E-state index in [2.05, 4.69) is 76.2 Å². The van der Waals surface area contributed by atoms with Gasteiger partial charge in [0, 0.05) is 0 Å². The van der Waals surface area contributed by atoms with Crippen LogP contribution in [0.5, 0.6) is 0 Å². The van der Waals surface area contributed by atoms with Crippen molar-refractivity contribution in [2.45, 2.75) is 33.1 Å². The summed E-state index contributed by atoms with van der Waals surface area (Å²) in [6, 6.07) is 17.9. The van der Waals surface area contributed by atoms with E-state index in [1.807, 2.05) is 0 Å². The summed E-state index contributed by atoms with van der Waals surface area (Å²) in [7, 11) is 0. The summed E-state index contributed by atoms with van der Waals surface area (Å²) in [5.74, 6) is 0. The van der Waals surface area contributed by atoms with Crippen LogP contribution in [-0.2, 0) is 5.41 Å². The predicted molar refractivity (Wildman–Crippen MR) is 73.7 cm³/mol. The van der Waals surface area contributed by atoms with Crippen LogP contribution in [0.3, 0.4) is 0 Å². The van der Waals surface area contributed by atoms with Crippen molar-refractivity contribution in [1.29, 1.82) is 0 Å². The first kappa shape index (κ1) is 13.6. The van der Waals surface area contributed by atoms with E-state index in [1.165, 1.54) is 18.3 Å². The molecule has 0 heterocycles. The van der Waals surface area contributed by atoms with Crippen LogP contribution in [0.25, 0.3) is 0 Å². The molecule has 1 heteroatoms. The third kappa shape index (κ3) is 3.35. The van der Waals surface area contributed by atoms with Gasteiger partial charge in [0.05, 0.1) is 0 Å². The van der Waals surface area contributed by atoms with Crippen molar-refractivity contribution in [1.82, 2.24) is 0 Å². The Labute approximate surface area is 121 Å². The van der Waals surface area contributed by atoms with Crippen molar-refractivity contribution < 1.29 is 21.2 Å². The van der Waals surface area contributed by atoms with Gasteiger partial charge in [-0.3, -0.25) is 0 Å². The summed E-state index contributed by atoms with van der Waals surface area (Å²) in [5.41, 5.74) is 3.09. The number of aryl methyl sites for hydroxylation is 1. The second-order valence-electron chi connectivity index (χ2n) is 5.60. The van der Waals surface area contributed by atoms with Crippen LogP contribution in [0.4, 0.5) is 0 Å². The molecule has 0 saturated carbocycles. The van der Waals surface area contributed by atoms with Gasteiger partial charge in [-0.1, -0.05) is 0 Å². The number of hydrogen-bond acceptors (Lipinski definition) is 0. The predicted octanol–water partition coefficient (Wildman–Crippen LogP) is 1.42. The molecule has 0 amide bonds. The fourth-order valence-electron chi connectivity index (χ4n) is 1.79. The molecule has 2 rings (SSSR count). The summed E-state index contributed by atoms with van der Waals surface area (Å²) in [4.78, 5) is 0. The van der Waals surface area contributed by atoms with Crippen molar-refractivity contribution in [3.63, 3.8) is 0 Å². The zero-order valence-corrected chi connectivity index (χ0v) is 13.7. The van der Waals surface area contributed by atoms with Gasteiger partial charge in [-0.25, -0.2) is 0 Å². The molecule has 0 nitrogen and oxygen atoms in total. The topological polar surface area (TPSA) is 0 Å². The van der Waals surface area contributed by atoms with E-state index < -0.39 is 0 Å². The number of benzene rings is 2. The first-order valence-electron chi connectivity index (χ1n) is 6.28.